The fourth-order valence-electron chi connectivity index (χ4n) is 1.43. The molecule has 0 saturated carbocycles. The van der Waals surface area contributed by atoms with Crippen molar-refractivity contribution in [2.45, 2.75) is 11.8 Å². The highest BCUT2D eigenvalue weighted by Gasteiger charge is 2.17. The van der Waals surface area contributed by atoms with Gasteiger partial charge in [-0.2, -0.15) is 15.0 Å². The maximum Gasteiger partial charge on any atom is 0.321 e. The van der Waals surface area contributed by atoms with Gasteiger partial charge >= 0.3 is 6.01 Å². The van der Waals surface area contributed by atoms with E-state index in [1.165, 1.54) is 19.2 Å². The van der Waals surface area contributed by atoms with Crippen molar-refractivity contribution in [3.63, 3.8) is 0 Å². The normalized spacial score (nSPS) is 11.2. The zero-order chi connectivity index (χ0) is 15.5. The molecule has 0 spiro atoms. The predicted molar refractivity (Wildman–Crippen MR) is 76.5 cm³/mol. The molecule has 2 rings (SSSR count). The molecule has 1 heterocycles. The second-order valence-corrected chi connectivity index (χ2v) is 5.91. The largest absolute Gasteiger partial charge is 0.467 e. The van der Waals surface area contributed by atoms with Crippen molar-refractivity contribution in [1.82, 2.24) is 19.8 Å². The minimum atomic E-state index is -3.86. The first-order chi connectivity index (χ1) is 9.92. The van der Waals surface area contributed by atoms with Gasteiger partial charge in [0.15, 0.2) is 0 Å². The standard InChI is InChI=1S/C11H12ClN5O3S/c1-7-13-10(15-11(14-7)20-2)16-17-21(18,19)9-6-4-3-5-8(9)12/h3-6,17H,1-2H3,(H,13,14,15,16). The second-order valence-electron chi connectivity index (χ2n) is 3.85. The molecular formula is C11H12ClN5O3S. The smallest absolute Gasteiger partial charge is 0.321 e. The van der Waals surface area contributed by atoms with E-state index in [4.69, 9.17) is 16.3 Å². The third kappa shape index (κ3) is 3.78. The molecule has 0 bridgehead atoms. The first-order valence-electron chi connectivity index (χ1n) is 5.71. The second kappa shape index (κ2) is 6.20. The van der Waals surface area contributed by atoms with Gasteiger partial charge in [-0.15, -0.1) is 4.83 Å². The lowest BCUT2D eigenvalue weighted by atomic mass is 10.4. The Balaban J connectivity index is 2.19. The highest BCUT2D eigenvalue weighted by molar-refractivity contribution is 7.89. The number of anilines is 1. The molecule has 2 aromatic rings. The highest BCUT2D eigenvalue weighted by Crippen LogP contribution is 2.20. The summed E-state index contributed by atoms with van der Waals surface area (Å²) in [6.45, 7) is 1.62. The summed E-state index contributed by atoms with van der Waals surface area (Å²) in [6.07, 6.45) is 0. The number of halogens is 1. The number of hydrogen-bond acceptors (Lipinski definition) is 7. The molecule has 21 heavy (non-hydrogen) atoms. The maximum atomic E-state index is 12.1. The van der Waals surface area contributed by atoms with Crippen molar-refractivity contribution in [2.75, 3.05) is 12.5 Å². The van der Waals surface area contributed by atoms with Crippen molar-refractivity contribution in [1.29, 1.82) is 0 Å². The average Bonchev–Trinajstić information content (AvgIpc) is 2.45. The van der Waals surface area contributed by atoms with Crippen LogP contribution in [0.1, 0.15) is 5.82 Å². The Labute approximate surface area is 126 Å². The summed E-state index contributed by atoms with van der Waals surface area (Å²) in [6, 6.07) is 6.13. The molecule has 1 aromatic carbocycles. The molecule has 1 aromatic heterocycles. The summed E-state index contributed by atoms with van der Waals surface area (Å²) in [7, 11) is -2.46. The zero-order valence-corrected chi connectivity index (χ0v) is 12.7. The summed E-state index contributed by atoms with van der Waals surface area (Å²) in [5.74, 6) is 0.385. The molecule has 0 atom stereocenters. The first-order valence-corrected chi connectivity index (χ1v) is 7.57. The lowest BCUT2D eigenvalue weighted by molar-refractivity contribution is 0.377. The molecule has 0 aliphatic carbocycles. The van der Waals surface area contributed by atoms with E-state index in [9.17, 15) is 8.42 Å². The number of benzene rings is 1. The van der Waals surface area contributed by atoms with E-state index < -0.39 is 10.0 Å². The molecule has 0 fully saturated rings. The van der Waals surface area contributed by atoms with Gasteiger partial charge in [0.1, 0.15) is 10.7 Å². The Kier molecular flexibility index (Phi) is 4.56. The Morgan fingerprint density at radius 3 is 2.57 bits per heavy atom. The number of aromatic nitrogens is 3. The van der Waals surface area contributed by atoms with Crippen LogP contribution in [0.3, 0.4) is 0 Å². The Hall–Kier alpha value is -1.97. The van der Waals surface area contributed by atoms with Crippen molar-refractivity contribution in [3.05, 3.63) is 35.1 Å². The third-order valence-corrected chi connectivity index (χ3v) is 4.08. The van der Waals surface area contributed by atoms with Gasteiger partial charge in [-0.1, -0.05) is 23.7 Å². The van der Waals surface area contributed by atoms with Gasteiger partial charge in [0.25, 0.3) is 10.0 Å². The molecule has 8 nitrogen and oxygen atoms in total. The Morgan fingerprint density at radius 1 is 1.19 bits per heavy atom. The van der Waals surface area contributed by atoms with Crippen LogP contribution in [-0.4, -0.2) is 30.5 Å². The monoisotopic (exact) mass is 329 g/mol. The minimum absolute atomic E-state index is 0.00924. The van der Waals surface area contributed by atoms with Crippen LogP contribution in [0.15, 0.2) is 29.2 Å². The molecule has 10 heteroatoms. The van der Waals surface area contributed by atoms with Gasteiger partial charge in [0.2, 0.25) is 5.95 Å². The Bertz CT molecular complexity index is 753. The molecule has 2 N–H and O–H groups in total. The molecule has 0 aliphatic rings. The number of nitrogens with zero attached hydrogens (tertiary/aromatic N) is 3. The molecular weight excluding hydrogens is 318 g/mol. The summed E-state index contributed by atoms with van der Waals surface area (Å²) >= 11 is 5.86. The van der Waals surface area contributed by atoms with Gasteiger partial charge in [0.05, 0.1) is 12.1 Å². The van der Waals surface area contributed by atoms with Crippen LogP contribution in [0.5, 0.6) is 6.01 Å². The van der Waals surface area contributed by atoms with Crippen molar-refractivity contribution < 1.29 is 13.2 Å². The van der Waals surface area contributed by atoms with E-state index >= 15 is 0 Å². The van der Waals surface area contributed by atoms with Crippen LogP contribution in [-0.2, 0) is 10.0 Å². The van der Waals surface area contributed by atoms with Crippen molar-refractivity contribution in [2.24, 2.45) is 0 Å². The van der Waals surface area contributed by atoms with Gasteiger partial charge < -0.3 is 4.74 Å². The fraction of sp³-hybridized carbons (Fsp3) is 0.182. The van der Waals surface area contributed by atoms with Crippen LogP contribution in [0.2, 0.25) is 5.02 Å². The van der Waals surface area contributed by atoms with Gasteiger partial charge in [0, 0.05) is 0 Å². The summed E-state index contributed by atoms with van der Waals surface area (Å²) < 4.78 is 29.1. The van der Waals surface area contributed by atoms with E-state index in [0.29, 0.717) is 5.82 Å². The van der Waals surface area contributed by atoms with Crippen LogP contribution in [0, 0.1) is 6.92 Å². The fourth-order valence-corrected chi connectivity index (χ4v) is 2.79. The van der Waals surface area contributed by atoms with Crippen LogP contribution in [0.25, 0.3) is 0 Å². The molecule has 0 aliphatic heterocycles. The van der Waals surface area contributed by atoms with E-state index in [1.54, 1.807) is 19.1 Å². The summed E-state index contributed by atoms with van der Waals surface area (Å²) in [5.41, 5.74) is 2.39. The third-order valence-electron chi connectivity index (χ3n) is 2.33. The molecule has 0 unspecified atom stereocenters. The topological polar surface area (TPSA) is 106 Å². The van der Waals surface area contributed by atoms with Crippen molar-refractivity contribution >= 4 is 27.6 Å². The summed E-state index contributed by atoms with van der Waals surface area (Å²) in [4.78, 5) is 13.8. The highest BCUT2D eigenvalue weighted by atomic mass is 35.5. The molecule has 0 amide bonds. The van der Waals surface area contributed by atoms with Crippen LogP contribution >= 0.6 is 11.6 Å². The van der Waals surface area contributed by atoms with E-state index in [-0.39, 0.29) is 21.9 Å². The number of hydrazine groups is 1. The number of nitrogens with one attached hydrogen (secondary N) is 2. The molecule has 0 radical (unpaired) electrons. The minimum Gasteiger partial charge on any atom is -0.467 e. The van der Waals surface area contributed by atoms with Crippen LogP contribution in [0.4, 0.5) is 5.95 Å². The summed E-state index contributed by atoms with van der Waals surface area (Å²) in [5, 5.41) is 0.108. The zero-order valence-electron chi connectivity index (χ0n) is 11.2. The maximum absolute atomic E-state index is 12.1. The predicted octanol–water partition coefficient (Wildman–Crippen LogP) is 1.15. The number of ether oxygens (including phenoxy) is 1. The number of aryl methyl sites for hydroxylation is 1. The average molecular weight is 330 g/mol. The lowest BCUT2D eigenvalue weighted by Crippen LogP contribution is -2.31. The van der Waals surface area contributed by atoms with E-state index in [0.717, 1.165) is 0 Å². The van der Waals surface area contributed by atoms with Gasteiger partial charge in [-0.05, 0) is 19.1 Å². The van der Waals surface area contributed by atoms with E-state index in [2.05, 4.69) is 25.2 Å². The first kappa shape index (κ1) is 15.4. The van der Waals surface area contributed by atoms with Crippen LogP contribution < -0.4 is 15.0 Å². The molecule has 112 valence electrons. The quantitative estimate of drug-likeness (QED) is 0.792. The van der Waals surface area contributed by atoms with Gasteiger partial charge in [-0.25, -0.2) is 8.42 Å². The van der Waals surface area contributed by atoms with Crippen molar-refractivity contribution in [3.8, 4) is 6.01 Å². The van der Waals surface area contributed by atoms with E-state index in [1.807, 2.05) is 0 Å². The number of hydrogen-bond donors (Lipinski definition) is 2. The number of methoxy groups -OCH3 is 1. The lowest BCUT2D eigenvalue weighted by Gasteiger charge is -2.10. The molecule has 0 saturated heterocycles. The number of sulfonamides is 1. The SMILES string of the molecule is COc1nc(C)nc(NNS(=O)(=O)c2ccccc2Cl)n1. The number of rotatable bonds is 5. The van der Waals surface area contributed by atoms with Gasteiger partial charge in [-0.3, -0.25) is 5.43 Å². The Morgan fingerprint density at radius 2 is 1.90 bits per heavy atom.